The van der Waals surface area contributed by atoms with E-state index in [2.05, 4.69) is 0 Å². The lowest BCUT2D eigenvalue weighted by atomic mass is 10.0. The molecule has 78 valence electrons. The van der Waals surface area contributed by atoms with Gasteiger partial charge in [-0.2, -0.15) is 0 Å². The Hall–Kier alpha value is -1.13. The minimum Gasteiger partial charge on any atom is -0.478 e. The molecule has 4 nitrogen and oxygen atoms in total. The molecule has 1 aliphatic rings. The fourth-order valence-electron chi connectivity index (χ4n) is 1.33. The third-order valence-electron chi connectivity index (χ3n) is 2.10. The Kier molecular flexibility index (Phi) is 3.43. The summed E-state index contributed by atoms with van der Waals surface area (Å²) in [7, 11) is 1.54. The lowest BCUT2D eigenvalue weighted by Gasteiger charge is -2.29. The molecule has 0 heterocycles. The summed E-state index contributed by atoms with van der Waals surface area (Å²) in [5.41, 5.74) is 0.275. The number of hydrogen-bond donors (Lipinski definition) is 1. The van der Waals surface area contributed by atoms with Crippen LogP contribution in [0, 0.1) is 0 Å². The number of carboxylic acids is 1. The van der Waals surface area contributed by atoms with Gasteiger partial charge in [-0.25, -0.2) is 4.79 Å². The molecular formula is C10H14O4. The van der Waals surface area contributed by atoms with E-state index in [0.717, 1.165) is 0 Å². The van der Waals surface area contributed by atoms with Gasteiger partial charge in [0, 0.05) is 20.1 Å². The van der Waals surface area contributed by atoms with E-state index in [1.54, 1.807) is 19.3 Å². The number of rotatable bonds is 4. The normalized spacial score (nSPS) is 26.0. The van der Waals surface area contributed by atoms with Gasteiger partial charge in [-0.05, 0) is 19.1 Å². The van der Waals surface area contributed by atoms with Gasteiger partial charge in [-0.3, -0.25) is 0 Å². The zero-order chi connectivity index (χ0) is 10.6. The van der Waals surface area contributed by atoms with E-state index < -0.39 is 11.8 Å². The minimum atomic E-state index is -0.928. The molecule has 0 amide bonds. The Bertz CT molecular complexity index is 280. The van der Waals surface area contributed by atoms with Crippen molar-refractivity contribution in [1.29, 1.82) is 0 Å². The van der Waals surface area contributed by atoms with Crippen molar-refractivity contribution in [3.05, 3.63) is 23.8 Å². The maximum Gasteiger partial charge on any atom is 0.335 e. The van der Waals surface area contributed by atoms with Crippen LogP contribution in [0.1, 0.15) is 13.3 Å². The predicted octanol–water partition coefficient (Wildman–Crippen LogP) is 1.34. The SMILES string of the molecule is CCOC1(OC)C=CC(C(=O)O)=CC1. The van der Waals surface area contributed by atoms with Crippen LogP contribution in [0.15, 0.2) is 23.8 Å². The first kappa shape index (κ1) is 10.9. The Morgan fingerprint density at radius 3 is 2.79 bits per heavy atom. The van der Waals surface area contributed by atoms with E-state index in [9.17, 15) is 4.79 Å². The highest BCUT2D eigenvalue weighted by molar-refractivity contribution is 5.90. The highest BCUT2D eigenvalue weighted by Gasteiger charge is 2.29. The summed E-state index contributed by atoms with van der Waals surface area (Å²) in [6, 6.07) is 0. The molecule has 0 fully saturated rings. The smallest absolute Gasteiger partial charge is 0.335 e. The summed E-state index contributed by atoms with van der Waals surface area (Å²) in [4.78, 5) is 10.6. The van der Waals surface area contributed by atoms with Gasteiger partial charge in [0.05, 0.1) is 5.57 Å². The van der Waals surface area contributed by atoms with Crippen molar-refractivity contribution >= 4 is 5.97 Å². The van der Waals surface area contributed by atoms with Crippen LogP contribution >= 0.6 is 0 Å². The van der Waals surface area contributed by atoms with Crippen molar-refractivity contribution in [1.82, 2.24) is 0 Å². The summed E-state index contributed by atoms with van der Waals surface area (Å²) < 4.78 is 10.6. The number of ether oxygens (including phenoxy) is 2. The summed E-state index contributed by atoms with van der Waals surface area (Å²) in [6.45, 7) is 2.39. The van der Waals surface area contributed by atoms with Crippen LogP contribution in [0.4, 0.5) is 0 Å². The van der Waals surface area contributed by atoms with Gasteiger partial charge in [-0.1, -0.05) is 6.08 Å². The number of aliphatic carboxylic acids is 1. The summed E-state index contributed by atoms with van der Waals surface area (Å²) in [5.74, 6) is -1.71. The summed E-state index contributed by atoms with van der Waals surface area (Å²) in [6.07, 6.45) is 5.17. The van der Waals surface area contributed by atoms with Gasteiger partial charge in [0.2, 0.25) is 0 Å². The van der Waals surface area contributed by atoms with Crippen LogP contribution in [0.5, 0.6) is 0 Å². The van der Waals surface area contributed by atoms with Crippen LogP contribution in [0.2, 0.25) is 0 Å². The van der Waals surface area contributed by atoms with E-state index in [4.69, 9.17) is 14.6 Å². The predicted molar refractivity (Wildman–Crippen MR) is 50.8 cm³/mol. The molecule has 1 atom stereocenters. The molecule has 0 aromatic carbocycles. The van der Waals surface area contributed by atoms with Gasteiger partial charge in [0.15, 0.2) is 5.79 Å². The molecule has 0 radical (unpaired) electrons. The second kappa shape index (κ2) is 4.39. The van der Waals surface area contributed by atoms with Gasteiger partial charge in [-0.15, -0.1) is 0 Å². The van der Waals surface area contributed by atoms with Crippen LogP contribution in [0.25, 0.3) is 0 Å². The third kappa shape index (κ3) is 2.21. The largest absolute Gasteiger partial charge is 0.478 e. The number of carboxylic acid groups (broad SMARTS) is 1. The van der Waals surface area contributed by atoms with Crippen molar-refractivity contribution in [3.8, 4) is 0 Å². The first-order chi connectivity index (χ1) is 6.63. The number of carbonyl (C=O) groups is 1. The van der Waals surface area contributed by atoms with E-state index in [1.165, 1.54) is 6.08 Å². The standard InChI is InChI=1S/C10H14O4/c1-3-14-10(13-2)6-4-8(5-7-10)9(11)12/h4-6H,3,7H2,1-2H3,(H,11,12). The zero-order valence-corrected chi connectivity index (χ0v) is 8.32. The molecule has 4 heteroatoms. The topological polar surface area (TPSA) is 55.8 Å². The van der Waals surface area contributed by atoms with Crippen molar-refractivity contribution in [2.24, 2.45) is 0 Å². The molecule has 1 N–H and O–H groups in total. The zero-order valence-electron chi connectivity index (χ0n) is 8.32. The molecule has 0 bridgehead atoms. The molecule has 0 aromatic rings. The second-order valence-electron chi connectivity index (χ2n) is 2.95. The molecular weight excluding hydrogens is 184 g/mol. The van der Waals surface area contributed by atoms with Crippen molar-refractivity contribution in [2.45, 2.75) is 19.1 Å². The van der Waals surface area contributed by atoms with Crippen LogP contribution < -0.4 is 0 Å². The summed E-state index contributed by atoms with van der Waals surface area (Å²) >= 11 is 0. The monoisotopic (exact) mass is 198 g/mol. The molecule has 1 rings (SSSR count). The van der Waals surface area contributed by atoms with E-state index >= 15 is 0 Å². The third-order valence-corrected chi connectivity index (χ3v) is 2.10. The van der Waals surface area contributed by atoms with Crippen molar-refractivity contribution in [2.75, 3.05) is 13.7 Å². The first-order valence-corrected chi connectivity index (χ1v) is 4.45. The molecule has 1 unspecified atom stereocenters. The average Bonchev–Trinajstić information content (AvgIpc) is 2.19. The first-order valence-electron chi connectivity index (χ1n) is 4.45. The molecule has 0 saturated carbocycles. The van der Waals surface area contributed by atoms with Gasteiger partial charge in [0.1, 0.15) is 0 Å². The molecule has 1 aliphatic carbocycles. The van der Waals surface area contributed by atoms with Crippen LogP contribution in [-0.4, -0.2) is 30.6 Å². The fourth-order valence-corrected chi connectivity index (χ4v) is 1.33. The summed E-state index contributed by atoms with van der Waals surface area (Å²) in [5, 5.41) is 8.71. The van der Waals surface area contributed by atoms with Gasteiger partial charge < -0.3 is 14.6 Å². The molecule has 0 aromatic heterocycles. The maximum absolute atomic E-state index is 10.6. The highest BCUT2D eigenvalue weighted by atomic mass is 16.7. The lowest BCUT2D eigenvalue weighted by Crippen LogP contribution is -2.33. The molecule has 0 aliphatic heterocycles. The second-order valence-corrected chi connectivity index (χ2v) is 2.95. The molecule has 0 saturated heterocycles. The highest BCUT2D eigenvalue weighted by Crippen LogP contribution is 2.25. The van der Waals surface area contributed by atoms with E-state index in [-0.39, 0.29) is 5.57 Å². The van der Waals surface area contributed by atoms with Crippen LogP contribution in [0.3, 0.4) is 0 Å². The lowest BCUT2D eigenvalue weighted by molar-refractivity contribution is -0.183. The Morgan fingerprint density at radius 1 is 1.71 bits per heavy atom. The van der Waals surface area contributed by atoms with Gasteiger partial charge >= 0.3 is 5.97 Å². The maximum atomic E-state index is 10.6. The minimum absolute atomic E-state index is 0.275. The fraction of sp³-hybridized carbons (Fsp3) is 0.500. The number of methoxy groups -OCH3 is 1. The Balaban J connectivity index is 2.74. The Labute approximate surface area is 82.8 Å². The average molecular weight is 198 g/mol. The van der Waals surface area contributed by atoms with E-state index in [1.807, 2.05) is 6.92 Å². The van der Waals surface area contributed by atoms with Gasteiger partial charge in [0.25, 0.3) is 0 Å². The van der Waals surface area contributed by atoms with E-state index in [0.29, 0.717) is 13.0 Å². The quantitative estimate of drug-likeness (QED) is 0.692. The Morgan fingerprint density at radius 2 is 2.43 bits per heavy atom. The van der Waals surface area contributed by atoms with Crippen molar-refractivity contribution < 1.29 is 19.4 Å². The number of hydrogen-bond acceptors (Lipinski definition) is 3. The van der Waals surface area contributed by atoms with Crippen LogP contribution in [-0.2, 0) is 14.3 Å². The molecule has 14 heavy (non-hydrogen) atoms. The molecule has 0 spiro atoms. The van der Waals surface area contributed by atoms with Crippen molar-refractivity contribution in [3.63, 3.8) is 0 Å².